The van der Waals surface area contributed by atoms with Gasteiger partial charge in [0.2, 0.25) is 5.91 Å². The molecule has 1 saturated heterocycles. The topological polar surface area (TPSA) is 85.4 Å². The van der Waals surface area contributed by atoms with Crippen LogP contribution in [-0.4, -0.2) is 58.1 Å². The SMILES string of the molecule is C=CC(=O)Nc1ccnc(C2c3ccncc3C=CN2Nc2ccc(NC3CN(CCF)C3)cc2)c1. The summed E-state index contributed by atoms with van der Waals surface area (Å²) in [6, 6.07) is 13.8. The summed E-state index contributed by atoms with van der Waals surface area (Å²) in [5.41, 5.74) is 8.88. The molecule has 1 unspecified atom stereocenters. The van der Waals surface area contributed by atoms with Crippen LogP contribution in [0.25, 0.3) is 6.08 Å². The van der Waals surface area contributed by atoms with Crippen molar-refractivity contribution in [1.29, 1.82) is 0 Å². The van der Waals surface area contributed by atoms with Crippen LogP contribution < -0.4 is 16.1 Å². The number of alkyl halides is 1. The Hall–Kier alpha value is -4.24. The van der Waals surface area contributed by atoms with Crippen molar-refractivity contribution in [3.63, 3.8) is 0 Å². The summed E-state index contributed by atoms with van der Waals surface area (Å²) in [6.07, 6.45) is 10.5. The van der Waals surface area contributed by atoms with E-state index in [-0.39, 0.29) is 18.6 Å². The molecule has 0 spiro atoms. The van der Waals surface area contributed by atoms with Crippen LogP contribution in [0, 0.1) is 0 Å². The number of halogens is 1. The Bertz CT molecular complexity index is 1260. The third-order valence-electron chi connectivity index (χ3n) is 6.26. The van der Waals surface area contributed by atoms with E-state index in [9.17, 15) is 9.18 Å². The first kappa shape index (κ1) is 23.5. The van der Waals surface area contributed by atoms with Crippen LogP contribution in [0.2, 0.25) is 0 Å². The van der Waals surface area contributed by atoms with E-state index in [1.807, 2.05) is 59.9 Å². The Morgan fingerprint density at radius 3 is 2.69 bits per heavy atom. The van der Waals surface area contributed by atoms with Crippen molar-refractivity contribution >= 4 is 29.0 Å². The van der Waals surface area contributed by atoms with Crippen molar-refractivity contribution < 1.29 is 9.18 Å². The number of rotatable bonds is 9. The first-order chi connectivity index (χ1) is 17.6. The van der Waals surface area contributed by atoms with Crippen molar-refractivity contribution in [2.24, 2.45) is 0 Å². The molecule has 36 heavy (non-hydrogen) atoms. The molecule has 2 aliphatic rings. The molecule has 3 N–H and O–H groups in total. The fourth-order valence-electron chi connectivity index (χ4n) is 4.46. The minimum absolute atomic E-state index is 0.247. The predicted molar refractivity (Wildman–Crippen MR) is 140 cm³/mol. The number of hydrogen-bond acceptors (Lipinski definition) is 7. The van der Waals surface area contributed by atoms with Crippen LogP contribution in [0.3, 0.4) is 0 Å². The normalized spacial score (nSPS) is 17.1. The van der Waals surface area contributed by atoms with Crippen molar-refractivity contribution in [2.45, 2.75) is 12.1 Å². The van der Waals surface area contributed by atoms with E-state index in [0.29, 0.717) is 18.3 Å². The summed E-state index contributed by atoms with van der Waals surface area (Å²) in [7, 11) is 0. The lowest BCUT2D eigenvalue weighted by Crippen LogP contribution is -2.55. The van der Waals surface area contributed by atoms with Crippen LogP contribution in [0.5, 0.6) is 0 Å². The number of pyridine rings is 2. The highest BCUT2D eigenvalue weighted by atomic mass is 19.1. The molecule has 1 atom stereocenters. The van der Waals surface area contributed by atoms with Gasteiger partial charge in [0.05, 0.1) is 17.4 Å². The maximum Gasteiger partial charge on any atom is 0.247 e. The van der Waals surface area contributed by atoms with Crippen LogP contribution in [0.1, 0.15) is 22.9 Å². The van der Waals surface area contributed by atoms with Gasteiger partial charge < -0.3 is 10.6 Å². The molecule has 0 bridgehead atoms. The Morgan fingerprint density at radius 2 is 1.92 bits per heavy atom. The monoisotopic (exact) mass is 485 g/mol. The van der Waals surface area contributed by atoms with Gasteiger partial charge >= 0.3 is 0 Å². The fraction of sp³-hybridized carbons (Fsp3) is 0.222. The Labute approximate surface area is 209 Å². The average Bonchev–Trinajstić information content (AvgIpc) is 2.88. The number of hydrazine groups is 1. The molecule has 1 amide bonds. The van der Waals surface area contributed by atoms with Gasteiger partial charge in [-0.3, -0.25) is 30.1 Å². The highest BCUT2D eigenvalue weighted by Crippen LogP contribution is 2.35. The van der Waals surface area contributed by atoms with Crippen LogP contribution in [0.15, 0.2) is 79.9 Å². The third kappa shape index (κ3) is 5.21. The number of nitrogens with one attached hydrogen (secondary N) is 3. The molecule has 2 aliphatic heterocycles. The maximum absolute atomic E-state index is 12.5. The number of hydrogen-bond donors (Lipinski definition) is 3. The molecule has 8 nitrogen and oxygen atoms in total. The van der Waals surface area contributed by atoms with Gasteiger partial charge in [-0.05, 0) is 60.2 Å². The molecule has 4 heterocycles. The smallest absolute Gasteiger partial charge is 0.247 e. The van der Waals surface area contributed by atoms with Crippen molar-refractivity contribution in [2.75, 3.05) is 42.4 Å². The zero-order valence-corrected chi connectivity index (χ0v) is 19.8. The van der Waals surface area contributed by atoms with E-state index in [0.717, 1.165) is 41.3 Å². The van der Waals surface area contributed by atoms with Crippen LogP contribution >= 0.6 is 0 Å². The largest absolute Gasteiger partial charge is 0.380 e. The van der Waals surface area contributed by atoms with Crippen LogP contribution in [0.4, 0.5) is 21.5 Å². The molecule has 1 fully saturated rings. The summed E-state index contributed by atoms with van der Waals surface area (Å²) in [4.78, 5) is 22.8. The zero-order chi connectivity index (χ0) is 24.9. The molecule has 2 aromatic heterocycles. The summed E-state index contributed by atoms with van der Waals surface area (Å²) < 4.78 is 12.5. The van der Waals surface area contributed by atoms with E-state index in [1.54, 1.807) is 18.5 Å². The lowest BCUT2D eigenvalue weighted by atomic mass is 9.96. The van der Waals surface area contributed by atoms with Gasteiger partial charge in [0, 0.05) is 61.4 Å². The van der Waals surface area contributed by atoms with Crippen molar-refractivity contribution in [1.82, 2.24) is 19.9 Å². The lowest BCUT2D eigenvalue weighted by Gasteiger charge is -2.39. The van der Waals surface area contributed by atoms with E-state index in [2.05, 4.69) is 37.5 Å². The third-order valence-corrected chi connectivity index (χ3v) is 6.26. The summed E-state index contributed by atoms with van der Waals surface area (Å²) in [6.45, 7) is 5.43. The molecular formula is C27H28FN7O. The second-order valence-electron chi connectivity index (χ2n) is 8.77. The van der Waals surface area contributed by atoms with Gasteiger partial charge in [-0.25, -0.2) is 4.39 Å². The minimum Gasteiger partial charge on any atom is -0.380 e. The standard InChI is InChI=1S/C27H28FN7O/c1-2-26(36)32-22-7-12-30-25(15-22)27-24-8-11-29-16-19(24)9-13-35(27)33-21-5-3-20(4-6-21)31-23-17-34(18-23)14-10-28/h2-9,11-13,15-16,23,27,31,33H,1,10,14,17-18H2,(H,30,32,36). The van der Waals surface area contributed by atoms with Crippen molar-refractivity contribution in [3.05, 3.63) is 96.7 Å². The van der Waals surface area contributed by atoms with E-state index >= 15 is 0 Å². The van der Waals surface area contributed by atoms with Gasteiger partial charge in [0.15, 0.2) is 0 Å². The molecule has 1 aromatic carbocycles. The summed E-state index contributed by atoms with van der Waals surface area (Å²) >= 11 is 0. The second-order valence-corrected chi connectivity index (χ2v) is 8.77. The number of anilines is 3. The van der Waals surface area contributed by atoms with E-state index in [4.69, 9.17) is 0 Å². The summed E-state index contributed by atoms with van der Waals surface area (Å²) in [5.74, 6) is -0.277. The fourth-order valence-corrected chi connectivity index (χ4v) is 4.46. The highest BCUT2D eigenvalue weighted by Gasteiger charge is 2.28. The van der Waals surface area contributed by atoms with Gasteiger partial charge in [0.25, 0.3) is 0 Å². The maximum atomic E-state index is 12.5. The highest BCUT2D eigenvalue weighted by molar-refractivity contribution is 5.98. The van der Waals surface area contributed by atoms with Gasteiger partial charge in [-0.2, -0.15) is 0 Å². The van der Waals surface area contributed by atoms with Crippen LogP contribution in [-0.2, 0) is 4.79 Å². The Balaban J connectivity index is 1.34. The number of fused-ring (bicyclic) bond motifs is 1. The average molecular weight is 486 g/mol. The molecule has 5 rings (SSSR count). The Kier molecular flexibility index (Phi) is 6.90. The number of aromatic nitrogens is 2. The molecule has 3 aromatic rings. The molecular weight excluding hydrogens is 457 g/mol. The first-order valence-corrected chi connectivity index (χ1v) is 11.8. The summed E-state index contributed by atoms with van der Waals surface area (Å²) in [5, 5.41) is 8.29. The number of carbonyl (C=O) groups excluding carboxylic acids is 1. The van der Waals surface area contributed by atoms with Crippen molar-refractivity contribution in [3.8, 4) is 0 Å². The first-order valence-electron chi connectivity index (χ1n) is 11.8. The number of nitrogens with zero attached hydrogens (tertiary/aromatic N) is 4. The molecule has 0 saturated carbocycles. The number of likely N-dealkylation sites (tertiary alicyclic amines) is 1. The van der Waals surface area contributed by atoms with E-state index in [1.165, 1.54) is 6.08 Å². The van der Waals surface area contributed by atoms with Gasteiger partial charge in [-0.1, -0.05) is 6.58 Å². The number of carbonyl (C=O) groups is 1. The molecule has 0 radical (unpaired) electrons. The zero-order valence-electron chi connectivity index (χ0n) is 19.8. The minimum atomic E-state index is -0.302. The molecule has 9 heteroatoms. The molecule has 184 valence electrons. The number of benzene rings is 1. The number of amides is 1. The Morgan fingerprint density at radius 1 is 1.11 bits per heavy atom. The van der Waals surface area contributed by atoms with Gasteiger partial charge in [0.1, 0.15) is 12.7 Å². The van der Waals surface area contributed by atoms with E-state index < -0.39 is 0 Å². The second kappa shape index (κ2) is 10.6. The molecule has 0 aliphatic carbocycles. The van der Waals surface area contributed by atoms with Gasteiger partial charge in [-0.15, -0.1) is 0 Å². The quantitative estimate of drug-likeness (QED) is 0.394. The predicted octanol–water partition coefficient (Wildman–Crippen LogP) is 4.07. The lowest BCUT2D eigenvalue weighted by molar-refractivity contribution is -0.111.